The van der Waals surface area contributed by atoms with E-state index in [0.717, 1.165) is 51.0 Å². The summed E-state index contributed by atoms with van der Waals surface area (Å²) in [7, 11) is 0. The number of pyridine rings is 1. The molecule has 3 aromatic heterocycles. The third kappa shape index (κ3) is 4.51. The molecule has 0 atom stereocenters. The smallest absolute Gasteiger partial charge is 0.223 e. The summed E-state index contributed by atoms with van der Waals surface area (Å²) in [6.07, 6.45) is 13.5. The Balaban J connectivity index is 1.49. The Labute approximate surface area is 212 Å². The number of aromatic nitrogens is 4. The normalized spacial score (nSPS) is 16.9. The molecule has 2 saturated carbocycles. The zero-order valence-corrected chi connectivity index (χ0v) is 21.1. The van der Waals surface area contributed by atoms with Crippen LogP contribution < -0.4 is 10.6 Å². The first kappa shape index (κ1) is 22.5. The summed E-state index contributed by atoms with van der Waals surface area (Å²) in [4.78, 5) is 9.41. The largest absolute Gasteiger partial charge is 0.381 e. The lowest BCUT2D eigenvalue weighted by atomic mass is 10.0. The fourth-order valence-electron chi connectivity index (χ4n) is 5.37. The molecule has 0 radical (unpaired) electrons. The molecule has 0 saturated heterocycles. The maximum Gasteiger partial charge on any atom is 0.223 e. The van der Waals surface area contributed by atoms with Crippen molar-refractivity contribution in [2.75, 3.05) is 10.6 Å². The molecular formula is C27H28BrFN6. The Bertz CT molecular complexity index is 1340. The molecule has 35 heavy (non-hydrogen) atoms. The van der Waals surface area contributed by atoms with Crippen LogP contribution in [-0.4, -0.2) is 31.7 Å². The van der Waals surface area contributed by atoms with Crippen molar-refractivity contribution in [1.82, 2.24) is 19.6 Å². The molecule has 6 nitrogen and oxygen atoms in total. The highest BCUT2D eigenvalue weighted by Gasteiger charge is 2.24. The molecule has 0 amide bonds. The minimum absolute atomic E-state index is 0.270. The van der Waals surface area contributed by atoms with Gasteiger partial charge in [0.1, 0.15) is 11.5 Å². The molecule has 0 spiro atoms. The third-order valence-corrected chi connectivity index (χ3v) is 7.97. The Hall–Kier alpha value is -3.00. The van der Waals surface area contributed by atoms with Gasteiger partial charge in [0, 0.05) is 30.0 Å². The standard InChI is InChI=1S/C27H28BrFN6/c28-24-22(31-19-5-1-2-6-19)14-16-35-26(24)23(25(34-35)17-9-11-18(29)12-10-17)21-13-15-30-27(33-21)32-20-7-3-4-8-20/h9-16,19-20,31H,1-8H2,(H,30,32,33). The Morgan fingerprint density at radius 1 is 0.886 bits per heavy atom. The molecule has 6 rings (SSSR count). The summed E-state index contributed by atoms with van der Waals surface area (Å²) in [6.45, 7) is 0. The van der Waals surface area contributed by atoms with Crippen molar-refractivity contribution in [2.24, 2.45) is 0 Å². The Morgan fingerprint density at radius 2 is 1.57 bits per heavy atom. The summed E-state index contributed by atoms with van der Waals surface area (Å²) in [5.74, 6) is 0.364. The van der Waals surface area contributed by atoms with E-state index >= 15 is 0 Å². The maximum atomic E-state index is 13.7. The van der Waals surface area contributed by atoms with Crippen LogP contribution in [0, 0.1) is 5.82 Å². The van der Waals surface area contributed by atoms with Crippen LogP contribution in [0.2, 0.25) is 0 Å². The van der Waals surface area contributed by atoms with Crippen molar-refractivity contribution in [3.8, 4) is 22.5 Å². The van der Waals surface area contributed by atoms with Crippen LogP contribution >= 0.6 is 15.9 Å². The second kappa shape index (κ2) is 9.57. The van der Waals surface area contributed by atoms with Crippen molar-refractivity contribution in [2.45, 2.75) is 63.5 Å². The summed E-state index contributed by atoms with van der Waals surface area (Å²) < 4.78 is 16.5. The lowest BCUT2D eigenvalue weighted by Gasteiger charge is -2.16. The van der Waals surface area contributed by atoms with E-state index in [1.807, 2.05) is 16.8 Å². The summed E-state index contributed by atoms with van der Waals surface area (Å²) >= 11 is 3.88. The molecule has 3 heterocycles. The number of nitrogens with zero attached hydrogens (tertiary/aromatic N) is 4. The quantitative estimate of drug-likeness (QED) is 0.277. The van der Waals surface area contributed by atoms with E-state index in [2.05, 4.69) is 37.6 Å². The lowest BCUT2D eigenvalue weighted by molar-refractivity contribution is 0.628. The van der Waals surface area contributed by atoms with E-state index in [1.165, 1.54) is 50.7 Å². The minimum atomic E-state index is -0.270. The van der Waals surface area contributed by atoms with Crippen LogP contribution in [-0.2, 0) is 0 Å². The van der Waals surface area contributed by atoms with E-state index < -0.39 is 0 Å². The highest BCUT2D eigenvalue weighted by Crippen LogP contribution is 2.41. The highest BCUT2D eigenvalue weighted by molar-refractivity contribution is 9.10. The van der Waals surface area contributed by atoms with Crippen LogP contribution in [0.4, 0.5) is 16.0 Å². The average molecular weight is 535 g/mol. The predicted octanol–water partition coefficient (Wildman–Crippen LogP) is 7.07. The second-order valence-electron chi connectivity index (χ2n) is 9.58. The number of fused-ring (bicyclic) bond motifs is 1. The topological polar surface area (TPSA) is 67.1 Å². The molecule has 180 valence electrons. The van der Waals surface area contributed by atoms with Gasteiger partial charge >= 0.3 is 0 Å². The van der Waals surface area contributed by atoms with Crippen LogP contribution in [0.5, 0.6) is 0 Å². The van der Waals surface area contributed by atoms with Gasteiger partial charge in [-0.05, 0) is 78.0 Å². The van der Waals surface area contributed by atoms with E-state index in [1.54, 1.807) is 18.3 Å². The van der Waals surface area contributed by atoms with E-state index in [4.69, 9.17) is 10.1 Å². The summed E-state index contributed by atoms with van der Waals surface area (Å²) in [5, 5.41) is 12.1. The third-order valence-electron chi connectivity index (χ3n) is 7.17. The van der Waals surface area contributed by atoms with Gasteiger partial charge in [0.25, 0.3) is 0 Å². The van der Waals surface area contributed by atoms with Crippen molar-refractivity contribution >= 4 is 33.1 Å². The van der Waals surface area contributed by atoms with Crippen LogP contribution in [0.25, 0.3) is 28.0 Å². The monoisotopic (exact) mass is 534 g/mol. The van der Waals surface area contributed by atoms with Gasteiger partial charge in [0.05, 0.1) is 26.9 Å². The molecule has 2 fully saturated rings. The number of benzene rings is 1. The van der Waals surface area contributed by atoms with Gasteiger partial charge in [0.2, 0.25) is 5.95 Å². The second-order valence-corrected chi connectivity index (χ2v) is 10.4. The SMILES string of the molecule is Fc1ccc(-c2nn3ccc(NC4CCCC4)c(Br)c3c2-c2ccnc(NC3CCCC3)n2)cc1. The first-order valence-corrected chi connectivity index (χ1v) is 13.3. The number of anilines is 2. The fraction of sp³-hybridized carbons (Fsp3) is 0.370. The zero-order chi connectivity index (χ0) is 23.8. The fourth-order valence-corrected chi connectivity index (χ4v) is 6.00. The number of rotatable bonds is 6. The van der Waals surface area contributed by atoms with Gasteiger partial charge in [-0.15, -0.1) is 0 Å². The van der Waals surface area contributed by atoms with Crippen molar-refractivity contribution < 1.29 is 4.39 Å². The molecule has 0 aliphatic heterocycles. The van der Waals surface area contributed by atoms with Gasteiger partial charge < -0.3 is 10.6 Å². The lowest BCUT2D eigenvalue weighted by Crippen LogP contribution is -2.16. The first-order valence-electron chi connectivity index (χ1n) is 12.5. The molecule has 4 aromatic rings. The number of hydrogen-bond acceptors (Lipinski definition) is 5. The molecule has 8 heteroatoms. The van der Waals surface area contributed by atoms with Crippen molar-refractivity contribution in [1.29, 1.82) is 0 Å². The van der Waals surface area contributed by atoms with Crippen LogP contribution in [0.1, 0.15) is 51.4 Å². The maximum absolute atomic E-state index is 13.7. The first-order chi connectivity index (χ1) is 17.2. The van der Waals surface area contributed by atoms with Gasteiger partial charge in [-0.2, -0.15) is 5.10 Å². The van der Waals surface area contributed by atoms with E-state index in [-0.39, 0.29) is 5.82 Å². The van der Waals surface area contributed by atoms with Crippen molar-refractivity contribution in [3.63, 3.8) is 0 Å². The Kier molecular flexibility index (Phi) is 6.14. The van der Waals surface area contributed by atoms with E-state index in [0.29, 0.717) is 18.0 Å². The summed E-state index contributed by atoms with van der Waals surface area (Å²) in [5.41, 5.74) is 5.26. The average Bonchev–Trinajstić information content (AvgIpc) is 3.63. The number of halogens is 2. The van der Waals surface area contributed by atoms with Crippen molar-refractivity contribution in [3.05, 3.63) is 59.1 Å². The number of hydrogen-bond donors (Lipinski definition) is 2. The molecular weight excluding hydrogens is 507 g/mol. The predicted molar refractivity (Wildman–Crippen MR) is 141 cm³/mol. The molecule has 1 aromatic carbocycles. The van der Waals surface area contributed by atoms with Gasteiger partial charge in [0.15, 0.2) is 0 Å². The van der Waals surface area contributed by atoms with Gasteiger partial charge in [-0.1, -0.05) is 25.7 Å². The zero-order valence-electron chi connectivity index (χ0n) is 19.5. The minimum Gasteiger partial charge on any atom is -0.381 e. The molecule has 2 N–H and O–H groups in total. The summed E-state index contributed by atoms with van der Waals surface area (Å²) in [6, 6.07) is 11.4. The van der Waals surface area contributed by atoms with Crippen LogP contribution in [0.15, 0.2) is 53.3 Å². The number of nitrogens with one attached hydrogen (secondary N) is 2. The molecule has 0 bridgehead atoms. The van der Waals surface area contributed by atoms with Gasteiger partial charge in [-0.3, -0.25) is 0 Å². The van der Waals surface area contributed by atoms with Gasteiger partial charge in [-0.25, -0.2) is 18.9 Å². The van der Waals surface area contributed by atoms with E-state index in [9.17, 15) is 4.39 Å². The molecule has 0 unspecified atom stereocenters. The van der Waals surface area contributed by atoms with Crippen LogP contribution in [0.3, 0.4) is 0 Å². The molecule has 2 aliphatic rings. The highest BCUT2D eigenvalue weighted by atomic mass is 79.9. The Morgan fingerprint density at radius 3 is 2.29 bits per heavy atom. The molecule has 2 aliphatic carbocycles.